The lowest BCUT2D eigenvalue weighted by Crippen LogP contribution is -2.39. The van der Waals surface area contributed by atoms with Crippen molar-refractivity contribution in [3.05, 3.63) is 70.5 Å². The van der Waals surface area contributed by atoms with Gasteiger partial charge in [-0.05, 0) is 49.1 Å². The van der Waals surface area contributed by atoms with E-state index in [1.807, 2.05) is 0 Å². The highest BCUT2D eigenvalue weighted by atomic mass is 32.2. The van der Waals surface area contributed by atoms with Gasteiger partial charge in [0, 0.05) is 35.7 Å². The molecular weight excluding hydrogens is 402 g/mol. The minimum atomic E-state index is -3.55. The lowest BCUT2D eigenvalue weighted by atomic mass is 10.0. The Hall–Kier alpha value is -2.97. The van der Waals surface area contributed by atoms with Gasteiger partial charge in [0.15, 0.2) is 0 Å². The van der Waals surface area contributed by atoms with Gasteiger partial charge < -0.3 is 10.3 Å². The maximum absolute atomic E-state index is 12.9. The molecule has 2 N–H and O–H groups in total. The number of amides is 1. The molecule has 0 saturated carbocycles. The van der Waals surface area contributed by atoms with Crippen LogP contribution in [0.3, 0.4) is 0 Å². The Morgan fingerprint density at radius 1 is 1.13 bits per heavy atom. The molecule has 1 aliphatic rings. The molecule has 1 fully saturated rings. The van der Waals surface area contributed by atoms with Gasteiger partial charge >= 0.3 is 0 Å². The van der Waals surface area contributed by atoms with Crippen molar-refractivity contribution >= 4 is 32.5 Å². The van der Waals surface area contributed by atoms with Crippen molar-refractivity contribution in [3.8, 4) is 0 Å². The standard InChI is InChI=1S/C22H23N3O4S/c1-15-5-4-12-25(14-15)30(28,29)17-10-8-16(9-11-17)23-22(27)19-13-21(26)24-20-7-3-2-6-18(19)20/h2-3,6-11,13,15H,4-5,12,14H2,1H3,(H,23,27)(H,24,26)/t15-/m0/s1. The van der Waals surface area contributed by atoms with Crippen LogP contribution >= 0.6 is 0 Å². The van der Waals surface area contributed by atoms with E-state index in [0.29, 0.717) is 35.6 Å². The number of benzene rings is 2. The van der Waals surface area contributed by atoms with Gasteiger partial charge in [-0.25, -0.2) is 8.42 Å². The minimum absolute atomic E-state index is 0.205. The zero-order valence-electron chi connectivity index (χ0n) is 16.6. The van der Waals surface area contributed by atoms with E-state index in [-0.39, 0.29) is 16.0 Å². The van der Waals surface area contributed by atoms with Crippen LogP contribution in [0.5, 0.6) is 0 Å². The van der Waals surface area contributed by atoms with Gasteiger partial charge in [-0.15, -0.1) is 0 Å². The topological polar surface area (TPSA) is 99.3 Å². The van der Waals surface area contributed by atoms with Crippen LogP contribution in [0.25, 0.3) is 10.9 Å². The second-order valence-corrected chi connectivity index (χ2v) is 9.62. The summed E-state index contributed by atoms with van der Waals surface area (Å²) in [6.07, 6.45) is 1.90. The SMILES string of the molecule is C[C@H]1CCCN(S(=O)(=O)c2ccc(NC(=O)c3cc(=O)[nH]c4ccccc34)cc2)C1. The van der Waals surface area contributed by atoms with Crippen LogP contribution in [0, 0.1) is 5.92 Å². The Bertz CT molecular complexity index is 1250. The summed E-state index contributed by atoms with van der Waals surface area (Å²) in [7, 11) is -3.55. The summed E-state index contributed by atoms with van der Waals surface area (Å²) in [5.74, 6) is -0.0892. The second kappa shape index (κ2) is 8.04. The quantitative estimate of drug-likeness (QED) is 0.670. The number of sulfonamides is 1. The molecule has 0 spiro atoms. The molecular formula is C22H23N3O4S. The highest BCUT2D eigenvalue weighted by molar-refractivity contribution is 7.89. The number of rotatable bonds is 4. The van der Waals surface area contributed by atoms with Gasteiger partial charge in [0.1, 0.15) is 0 Å². The summed E-state index contributed by atoms with van der Waals surface area (Å²) in [5, 5.41) is 3.38. The Kier molecular flexibility index (Phi) is 5.44. The molecule has 1 atom stereocenters. The zero-order valence-corrected chi connectivity index (χ0v) is 17.4. The van der Waals surface area contributed by atoms with E-state index in [4.69, 9.17) is 0 Å². The van der Waals surface area contributed by atoms with Crippen LogP contribution in [-0.4, -0.2) is 36.7 Å². The number of hydrogen-bond donors (Lipinski definition) is 2. The van der Waals surface area contributed by atoms with E-state index in [1.165, 1.54) is 22.5 Å². The van der Waals surface area contributed by atoms with Crippen LogP contribution in [0.15, 0.2) is 64.3 Å². The van der Waals surface area contributed by atoms with Crippen LogP contribution in [0.4, 0.5) is 5.69 Å². The minimum Gasteiger partial charge on any atom is -0.322 e. The molecule has 8 heteroatoms. The average Bonchev–Trinajstić information content (AvgIpc) is 2.73. The smallest absolute Gasteiger partial charge is 0.256 e. The number of aromatic amines is 1. The number of H-pyrrole nitrogens is 1. The predicted octanol–water partition coefficient (Wildman–Crippen LogP) is 3.20. The summed E-state index contributed by atoms with van der Waals surface area (Å²) in [6, 6.07) is 14.4. The van der Waals surface area contributed by atoms with Gasteiger partial charge in [0.25, 0.3) is 5.91 Å². The fourth-order valence-corrected chi connectivity index (χ4v) is 5.41. The van der Waals surface area contributed by atoms with Gasteiger partial charge in [-0.3, -0.25) is 9.59 Å². The molecule has 0 radical (unpaired) electrons. The maximum atomic E-state index is 12.9. The Balaban J connectivity index is 1.56. The number of anilines is 1. The molecule has 1 saturated heterocycles. The van der Waals surface area contributed by atoms with Crippen molar-refractivity contribution in [3.63, 3.8) is 0 Å². The zero-order chi connectivity index (χ0) is 21.3. The van der Waals surface area contributed by atoms with Crippen molar-refractivity contribution in [2.24, 2.45) is 5.92 Å². The van der Waals surface area contributed by atoms with Crippen molar-refractivity contribution in [2.75, 3.05) is 18.4 Å². The number of carbonyl (C=O) groups excluding carboxylic acids is 1. The molecule has 156 valence electrons. The third kappa shape index (κ3) is 4.01. The predicted molar refractivity (Wildman–Crippen MR) is 116 cm³/mol. The summed E-state index contributed by atoms with van der Waals surface area (Å²) in [4.78, 5) is 27.5. The van der Waals surface area contributed by atoms with Crippen molar-refractivity contribution < 1.29 is 13.2 Å². The number of nitrogens with zero attached hydrogens (tertiary/aromatic N) is 1. The van der Waals surface area contributed by atoms with E-state index in [0.717, 1.165) is 12.8 Å². The van der Waals surface area contributed by atoms with Gasteiger partial charge in [0.05, 0.1) is 10.5 Å². The third-order valence-electron chi connectivity index (χ3n) is 5.36. The molecule has 3 aromatic rings. The molecule has 30 heavy (non-hydrogen) atoms. The summed E-state index contributed by atoms with van der Waals surface area (Å²) in [6.45, 7) is 3.11. The van der Waals surface area contributed by atoms with Crippen LogP contribution < -0.4 is 10.9 Å². The summed E-state index contributed by atoms with van der Waals surface area (Å²) >= 11 is 0. The van der Waals surface area contributed by atoms with Crippen molar-refractivity contribution in [2.45, 2.75) is 24.7 Å². The monoisotopic (exact) mass is 425 g/mol. The fourth-order valence-electron chi connectivity index (χ4n) is 3.81. The molecule has 7 nitrogen and oxygen atoms in total. The van der Waals surface area contributed by atoms with Gasteiger partial charge in [-0.2, -0.15) is 4.31 Å². The number of hydrogen-bond acceptors (Lipinski definition) is 4. The molecule has 2 heterocycles. The van der Waals surface area contributed by atoms with Gasteiger partial charge in [0.2, 0.25) is 15.6 Å². The Morgan fingerprint density at radius 3 is 2.60 bits per heavy atom. The number of nitrogens with one attached hydrogen (secondary N) is 2. The molecule has 4 rings (SSSR count). The van der Waals surface area contributed by atoms with E-state index in [1.54, 1.807) is 36.4 Å². The number of aromatic nitrogens is 1. The largest absolute Gasteiger partial charge is 0.322 e. The highest BCUT2D eigenvalue weighted by Crippen LogP contribution is 2.25. The first-order valence-electron chi connectivity index (χ1n) is 9.88. The molecule has 2 aromatic carbocycles. The third-order valence-corrected chi connectivity index (χ3v) is 7.24. The van der Waals surface area contributed by atoms with E-state index in [9.17, 15) is 18.0 Å². The Morgan fingerprint density at radius 2 is 1.87 bits per heavy atom. The number of para-hydroxylation sites is 1. The molecule has 0 aliphatic carbocycles. The molecule has 1 amide bonds. The van der Waals surface area contributed by atoms with Crippen LogP contribution in [-0.2, 0) is 10.0 Å². The fraction of sp³-hybridized carbons (Fsp3) is 0.273. The number of carbonyl (C=O) groups is 1. The van der Waals surface area contributed by atoms with Crippen LogP contribution in [0.1, 0.15) is 30.1 Å². The first-order chi connectivity index (χ1) is 14.3. The summed E-state index contributed by atoms with van der Waals surface area (Å²) in [5.41, 5.74) is 0.923. The number of piperidine rings is 1. The maximum Gasteiger partial charge on any atom is 0.256 e. The number of fused-ring (bicyclic) bond motifs is 1. The average molecular weight is 426 g/mol. The molecule has 1 aromatic heterocycles. The van der Waals surface area contributed by atoms with Gasteiger partial charge in [-0.1, -0.05) is 25.1 Å². The van der Waals surface area contributed by atoms with Crippen molar-refractivity contribution in [1.82, 2.24) is 9.29 Å². The first-order valence-corrected chi connectivity index (χ1v) is 11.3. The summed E-state index contributed by atoms with van der Waals surface area (Å²) < 4.78 is 27.3. The Labute approximate surface area is 174 Å². The molecule has 0 bridgehead atoms. The lowest BCUT2D eigenvalue weighted by Gasteiger charge is -2.30. The number of pyridine rings is 1. The van der Waals surface area contributed by atoms with E-state index in [2.05, 4.69) is 17.2 Å². The lowest BCUT2D eigenvalue weighted by molar-refractivity contribution is 0.102. The first kappa shape index (κ1) is 20.3. The molecule has 0 unspecified atom stereocenters. The second-order valence-electron chi connectivity index (χ2n) is 7.68. The van der Waals surface area contributed by atoms with E-state index >= 15 is 0 Å². The normalized spacial score (nSPS) is 17.7. The van der Waals surface area contributed by atoms with E-state index < -0.39 is 15.9 Å². The molecule has 1 aliphatic heterocycles. The van der Waals surface area contributed by atoms with Crippen molar-refractivity contribution in [1.29, 1.82) is 0 Å². The highest BCUT2D eigenvalue weighted by Gasteiger charge is 2.28. The van der Waals surface area contributed by atoms with Crippen LogP contribution in [0.2, 0.25) is 0 Å².